The highest BCUT2D eigenvalue weighted by Crippen LogP contribution is 2.13. The highest BCUT2D eigenvalue weighted by atomic mass is 16.6. The van der Waals surface area contributed by atoms with Crippen LogP contribution in [-0.4, -0.2) is 37.2 Å². The van der Waals surface area contributed by atoms with Crippen molar-refractivity contribution in [3.05, 3.63) is 134 Å². The van der Waals surface area contributed by atoms with Gasteiger partial charge in [0.15, 0.2) is 6.10 Å². The van der Waals surface area contributed by atoms with Crippen LogP contribution in [0.3, 0.4) is 0 Å². The van der Waals surface area contributed by atoms with E-state index in [4.69, 9.17) is 14.2 Å². The zero-order valence-corrected chi connectivity index (χ0v) is 44.3. The fraction of sp³-hybridized carbons (Fsp3) is 0.603. The van der Waals surface area contributed by atoms with Gasteiger partial charge < -0.3 is 14.2 Å². The molecule has 0 aromatic rings. The molecule has 0 N–H and O–H groups in total. The van der Waals surface area contributed by atoms with E-state index in [1.165, 1.54) is 70.6 Å². The molecule has 6 nitrogen and oxygen atoms in total. The van der Waals surface area contributed by atoms with Crippen LogP contribution < -0.4 is 0 Å². The third kappa shape index (κ3) is 54.4. The average molecular weight is 953 g/mol. The first kappa shape index (κ1) is 64.5. The second kappa shape index (κ2) is 56.1. The Labute approximate surface area is 424 Å². The maximum Gasteiger partial charge on any atom is 0.306 e. The Morgan fingerprint density at radius 2 is 0.609 bits per heavy atom. The topological polar surface area (TPSA) is 78.9 Å². The number of esters is 3. The highest BCUT2D eigenvalue weighted by molar-refractivity contribution is 5.71. The monoisotopic (exact) mass is 953 g/mol. The molecule has 0 heterocycles. The third-order valence-corrected chi connectivity index (χ3v) is 11.1. The molecular formula is C63H100O6. The Morgan fingerprint density at radius 3 is 1.03 bits per heavy atom. The van der Waals surface area contributed by atoms with Crippen LogP contribution in [0.5, 0.6) is 0 Å². The lowest BCUT2D eigenvalue weighted by Crippen LogP contribution is -2.30. The molecule has 0 aromatic heterocycles. The number of carbonyl (C=O) groups excluding carboxylic acids is 3. The first-order valence-electron chi connectivity index (χ1n) is 27.7. The van der Waals surface area contributed by atoms with Crippen molar-refractivity contribution < 1.29 is 28.6 Å². The van der Waals surface area contributed by atoms with Gasteiger partial charge in [0.1, 0.15) is 13.2 Å². The van der Waals surface area contributed by atoms with E-state index < -0.39 is 12.1 Å². The molecule has 1 atom stereocenters. The molecule has 0 aliphatic rings. The Kier molecular flexibility index (Phi) is 52.5. The summed E-state index contributed by atoms with van der Waals surface area (Å²) in [5.74, 6) is -1.09. The van der Waals surface area contributed by atoms with Crippen molar-refractivity contribution in [3.63, 3.8) is 0 Å². The lowest BCUT2D eigenvalue weighted by molar-refractivity contribution is -0.166. The number of allylic oxidation sites excluding steroid dienone is 22. The predicted octanol–water partition coefficient (Wildman–Crippen LogP) is 18.6. The maximum absolute atomic E-state index is 12.8. The van der Waals surface area contributed by atoms with Gasteiger partial charge in [0.25, 0.3) is 0 Å². The Bertz CT molecular complexity index is 1510. The van der Waals surface area contributed by atoms with Crippen LogP contribution in [0.1, 0.15) is 226 Å². The molecule has 0 saturated heterocycles. The summed E-state index contributed by atoms with van der Waals surface area (Å²) >= 11 is 0. The quantitative estimate of drug-likeness (QED) is 0.0262. The zero-order chi connectivity index (χ0) is 50.0. The smallest absolute Gasteiger partial charge is 0.306 e. The Balaban J connectivity index is 4.60. The minimum atomic E-state index is -0.846. The number of carbonyl (C=O) groups is 3. The minimum Gasteiger partial charge on any atom is -0.462 e. The van der Waals surface area contributed by atoms with Crippen molar-refractivity contribution in [2.75, 3.05) is 13.2 Å². The van der Waals surface area contributed by atoms with Crippen LogP contribution in [-0.2, 0) is 28.6 Å². The van der Waals surface area contributed by atoms with Crippen molar-refractivity contribution >= 4 is 17.9 Å². The molecule has 0 fully saturated rings. The second-order valence-corrected chi connectivity index (χ2v) is 17.7. The normalized spacial score (nSPS) is 13.1. The molecule has 0 aromatic carbocycles. The summed E-state index contributed by atoms with van der Waals surface area (Å²) in [5, 5.41) is 0. The standard InChI is InChI=1S/C63H100O6/c1-4-7-10-13-16-19-22-25-28-31-33-35-38-41-44-47-50-53-56-62(65)68-59-60(58-67-61(64)55-52-49-46-43-40-37-34-30-27-24-21-18-15-12-9-6-3)69-63(66)57-54-51-48-45-42-39-36-32-29-26-23-20-17-14-11-8-5-2/h8-9,11-12,17-18,20-21,26-27,29-30,33,35-37,39-40,45-46,48-49,60H,4-7,10,13-16,19,22-25,28,31-32,34,38,41-44,47,50-59H2,1-3H3/b11-8-,12-9-,20-17-,21-18-,29-26-,30-27-,35-33-,39-36-,40-37-,48-45-,49-46-. The summed E-state index contributed by atoms with van der Waals surface area (Å²) in [4.78, 5) is 38.1. The number of hydrogen-bond donors (Lipinski definition) is 0. The Hall–Kier alpha value is -4.45. The molecule has 0 spiro atoms. The van der Waals surface area contributed by atoms with E-state index >= 15 is 0 Å². The summed E-state index contributed by atoms with van der Waals surface area (Å²) in [5.41, 5.74) is 0. The van der Waals surface area contributed by atoms with E-state index in [0.29, 0.717) is 19.3 Å². The summed E-state index contributed by atoms with van der Waals surface area (Å²) in [6.07, 6.45) is 78.9. The second-order valence-electron chi connectivity index (χ2n) is 17.7. The zero-order valence-electron chi connectivity index (χ0n) is 44.3. The van der Waals surface area contributed by atoms with Crippen molar-refractivity contribution in [3.8, 4) is 0 Å². The van der Waals surface area contributed by atoms with Crippen molar-refractivity contribution in [1.82, 2.24) is 0 Å². The van der Waals surface area contributed by atoms with Crippen LogP contribution in [0.15, 0.2) is 134 Å². The maximum atomic E-state index is 12.8. The molecule has 388 valence electrons. The van der Waals surface area contributed by atoms with Gasteiger partial charge >= 0.3 is 17.9 Å². The number of ether oxygens (including phenoxy) is 3. The van der Waals surface area contributed by atoms with Gasteiger partial charge in [0, 0.05) is 19.3 Å². The average Bonchev–Trinajstić information content (AvgIpc) is 3.35. The summed E-state index contributed by atoms with van der Waals surface area (Å²) in [6, 6.07) is 0. The summed E-state index contributed by atoms with van der Waals surface area (Å²) < 4.78 is 16.7. The van der Waals surface area contributed by atoms with Crippen molar-refractivity contribution in [2.24, 2.45) is 0 Å². The fourth-order valence-corrected chi connectivity index (χ4v) is 7.05. The van der Waals surface area contributed by atoms with Gasteiger partial charge in [-0.25, -0.2) is 0 Å². The molecule has 69 heavy (non-hydrogen) atoms. The lowest BCUT2D eigenvalue weighted by Gasteiger charge is -2.18. The molecule has 0 bridgehead atoms. The van der Waals surface area contributed by atoms with E-state index in [-0.39, 0.29) is 38.0 Å². The van der Waals surface area contributed by atoms with Gasteiger partial charge in [-0.3, -0.25) is 14.4 Å². The SMILES string of the molecule is CC/C=C\C/C=C\C/C=C\C/C=C\C/C=C\CCCC(=O)OC(COC(=O)CC/C=C\C/C=C\C/C=C\C/C=C\C/C=C\CC)COC(=O)CCCCCCC/C=C\CCCCCCCCCCC. The van der Waals surface area contributed by atoms with E-state index in [1.807, 2.05) is 12.2 Å². The van der Waals surface area contributed by atoms with Crippen LogP contribution in [0.25, 0.3) is 0 Å². The summed E-state index contributed by atoms with van der Waals surface area (Å²) in [7, 11) is 0. The minimum absolute atomic E-state index is 0.132. The molecule has 0 rings (SSSR count). The van der Waals surface area contributed by atoms with Gasteiger partial charge in [-0.05, 0) is 116 Å². The fourth-order valence-electron chi connectivity index (χ4n) is 7.05. The van der Waals surface area contributed by atoms with Crippen LogP contribution in [0, 0.1) is 0 Å². The number of hydrogen-bond acceptors (Lipinski definition) is 6. The molecule has 6 heteroatoms. The van der Waals surface area contributed by atoms with Gasteiger partial charge in [-0.1, -0.05) is 225 Å². The predicted molar refractivity (Wildman–Crippen MR) is 297 cm³/mol. The van der Waals surface area contributed by atoms with Crippen LogP contribution in [0.4, 0.5) is 0 Å². The van der Waals surface area contributed by atoms with E-state index in [0.717, 1.165) is 103 Å². The van der Waals surface area contributed by atoms with Gasteiger partial charge in [0.2, 0.25) is 0 Å². The molecule has 0 aliphatic heterocycles. The largest absolute Gasteiger partial charge is 0.462 e. The molecule has 0 amide bonds. The van der Waals surface area contributed by atoms with Crippen molar-refractivity contribution in [1.29, 1.82) is 0 Å². The molecule has 1 unspecified atom stereocenters. The van der Waals surface area contributed by atoms with E-state index in [1.54, 1.807) is 0 Å². The number of unbranched alkanes of at least 4 members (excludes halogenated alkanes) is 15. The number of rotatable bonds is 48. The first-order chi connectivity index (χ1) is 34.0. The molecule has 0 saturated carbocycles. The molecule has 0 aliphatic carbocycles. The molecule has 0 radical (unpaired) electrons. The lowest BCUT2D eigenvalue weighted by atomic mass is 10.1. The molecular weight excluding hydrogens is 853 g/mol. The Morgan fingerprint density at radius 1 is 0.304 bits per heavy atom. The summed E-state index contributed by atoms with van der Waals surface area (Å²) in [6.45, 7) is 6.28. The van der Waals surface area contributed by atoms with Gasteiger partial charge in [-0.2, -0.15) is 0 Å². The van der Waals surface area contributed by atoms with E-state index in [9.17, 15) is 14.4 Å². The third-order valence-electron chi connectivity index (χ3n) is 11.1. The van der Waals surface area contributed by atoms with Gasteiger partial charge in [-0.15, -0.1) is 0 Å². The van der Waals surface area contributed by atoms with E-state index in [2.05, 4.69) is 142 Å². The van der Waals surface area contributed by atoms with Crippen LogP contribution in [0.2, 0.25) is 0 Å². The first-order valence-corrected chi connectivity index (χ1v) is 27.7. The van der Waals surface area contributed by atoms with Crippen molar-refractivity contribution in [2.45, 2.75) is 232 Å². The van der Waals surface area contributed by atoms with Crippen LogP contribution >= 0.6 is 0 Å². The van der Waals surface area contributed by atoms with Gasteiger partial charge in [0.05, 0.1) is 0 Å². The highest BCUT2D eigenvalue weighted by Gasteiger charge is 2.19.